The van der Waals surface area contributed by atoms with Crippen LogP contribution in [0.2, 0.25) is 0 Å². The minimum atomic E-state index is -0.627. The monoisotopic (exact) mass is 366 g/mol. The minimum absolute atomic E-state index is 0.109. The summed E-state index contributed by atoms with van der Waals surface area (Å²) in [5.74, 6) is 4.32. The minimum Gasteiger partial charge on any atom is -0.372 e. The molecule has 2 aliphatic rings. The highest BCUT2D eigenvalue weighted by atomic mass is 16.7. The van der Waals surface area contributed by atoms with Crippen molar-refractivity contribution < 1.29 is 14.4 Å². The van der Waals surface area contributed by atoms with Crippen molar-refractivity contribution in [2.45, 2.75) is 12.8 Å². The van der Waals surface area contributed by atoms with Crippen molar-refractivity contribution in [2.75, 3.05) is 40.9 Å². The fourth-order valence-electron chi connectivity index (χ4n) is 3.70. The Hall–Kier alpha value is -3.06. The molecule has 0 radical (unpaired) electrons. The van der Waals surface area contributed by atoms with Crippen molar-refractivity contribution in [3.8, 4) is 0 Å². The molecule has 0 bridgehead atoms. The second-order valence-corrected chi connectivity index (χ2v) is 6.75. The lowest BCUT2D eigenvalue weighted by Crippen LogP contribution is -2.31. The van der Waals surface area contributed by atoms with Crippen molar-refractivity contribution in [3.63, 3.8) is 0 Å². The van der Waals surface area contributed by atoms with Crippen molar-refractivity contribution >= 4 is 29.1 Å². The van der Waals surface area contributed by atoms with Crippen LogP contribution in [0.4, 0.5) is 21.9 Å². The van der Waals surface area contributed by atoms with Gasteiger partial charge in [-0.1, -0.05) is 6.07 Å². The molecule has 0 aliphatic carbocycles. The summed E-state index contributed by atoms with van der Waals surface area (Å²) in [5.41, 5.74) is 3.05. The molecule has 2 fully saturated rings. The van der Waals surface area contributed by atoms with Crippen LogP contribution in [0.15, 0.2) is 48.5 Å². The first-order chi connectivity index (χ1) is 13.2. The van der Waals surface area contributed by atoms with E-state index in [-0.39, 0.29) is 6.03 Å². The van der Waals surface area contributed by atoms with Crippen LogP contribution in [-0.2, 0) is 4.84 Å². The van der Waals surface area contributed by atoms with Gasteiger partial charge in [0, 0.05) is 43.2 Å². The number of rotatable bonds is 4. The standard InChI is InChI=1S/C20H22N4O3/c21-27-19(25)15-4-3-5-18(14-15)24-13-12-23(20(24)26)17-8-6-16(7-9-17)22-10-1-2-11-22/h3-9,14H,1-2,10-13,21H2. The van der Waals surface area contributed by atoms with Gasteiger partial charge in [-0.15, -0.1) is 0 Å². The number of carbonyl (C=O) groups is 2. The van der Waals surface area contributed by atoms with Gasteiger partial charge in [0.15, 0.2) is 0 Å². The first-order valence-corrected chi connectivity index (χ1v) is 9.12. The van der Waals surface area contributed by atoms with Gasteiger partial charge >= 0.3 is 12.0 Å². The number of anilines is 3. The number of hydrogen-bond donors (Lipinski definition) is 1. The molecule has 27 heavy (non-hydrogen) atoms. The molecule has 7 nitrogen and oxygen atoms in total. The molecule has 0 unspecified atom stereocenters. The van der Waals surface area contributed by atoms with Gasteiger partial charge in [-0.25, -0.2) is 9.59 Å². The third kappa shape index (κ3) is 3.33. The first kappa shape index (κ1) is 17.4. The maximum atomic E-state index is 12.9. The van der Waals surface area contributed by atoms with E-state index in [1.807, 2.05) is 12.1 Å². The molecule has 2 amide bonds. The molecular weight excluding hydrogens is 344 g/mol. The number of benzene rings is 2. The molecule has 0 atom stereocenters. The molecule has 2 heterocycles. The third-order valence-electron chi connectivity index (χ3n) is 5.14. The molecule has 7 heteroatoms. The predicted molar refractivity (Wildman–Crippen MR) is 104 cm³/mol. The third-order valence-corrected chi connectivity index (χ3v) is 5.14. The van der Waals surface area contributed by atoms with Crippen molar-refractivity contribution in [2.24, 2.45) is 5.90 Å². The van der Waals surface area contributed by atoms with Gasteiger partial charge in [0.2, 0.25) is 0 Å². The zero-order valence-corrected chi connectivity index (χ0v) is 15.0. The fraction of sp³-hybridized carbons (Fsp3) is 0.300. The van der Waals surface area contributed by atoms with Gasteiger partial charge in [0.25, 0.3) is 0 Å². The summed E-state index contributed by atoms with van der Waals surface area (Å²) in [4.78, 5) is 34.6. The van der Waals surface area contributed by atoms with E-state index in [2.05, 4.69) is 21.9 Å². The van der Waals surface area contributed by atoms with Crippen LogP contribution in [0.3, 0.4) is 0 Å². The average molecular weight is 366 g/mol. The van der Waals surface area contributed by atoms with Crippen LogP contribution in [0.5, 0.6) is 0 Å². The lowest BCUT2D eigenvalue weighted by atomic mass is 10.2. The van der Waals surface area contributed by atoms with Crippen LogP contribution in [0.25, 0.3) is 0 Å². The summed E-state index contributed by atoms with van der Waals surface area (Å²) >= 11 is 0. The van der Waals surface area contributed by atoms with Gasteiger partial charge < -0.3 is 9.74 Å². The first-order valence-electron chi connectivity index (χ1n) is 9.12. The SMILES string of the molecule is NOC(=O)c1cccc(N2CCN(c3ccc(N4CCCC4)cc3)C2=O)c1. The highest BCUT2D eigenvalue weighted by Crippen LogP contribution is 2.28. The van der Waals surface area contributed by atoms with Gasteiger partial charge in [-0.2, -0.15) is 5.90 Å². The van der Waals surface area contributed by atoms with E-state index < -0.39 is 5.97 Å². The largest absolute Gasteiger partial charge is 0.372 e. The van der Waals surface area contributed by atoms with E-state index in [4.69, 9.17) is 5.90 Å². The smallest absolute Gasteiger partial charge is 0.356 e. The molecule has 2 aliphatic heterocycles. The highest BCUT2D eigenvalue weighted by Gasteiger charge is 2.31. The summed E-state index contributed by atoms with van der Waals surface area (Å²) in [7, 11) is 0. The Morgan fingerprint density at radius 1 is 0.852 bits per heavy atom. The second kappa shape index (κ2) is 7.28. The van der Waals surface area contributed by atoms with Crippen LogP contribution in [0, 0.1) is 0 Å². The molecule has 0 saturated carbocycles. The van der Waals surface area contributed by atoms with E-state index in [9.17, 15) is 9.59 Å². The molecule has 2 N–H and O–H groups in total. The molecule has 2 saturated heterocycles. The lowest BCUT2D eigenvalue weighted by Gasteiger charge is -2.21. The Labute approximate surface area is 157 Å². The summed E-state index contributed by atoms with van der Waals surface area (Å²) in [6.07, 6.45) is 2.47. The zero-order valence-electron chi connectivity index (χ0n) is 15.0. The molecule has 4 rings (SSSR count). The van der Waals surface area contributed by atoms with Crippen LogP contribution >= 0.6 is 0 Å². The number of amides is 2. The molecule has 140 valence electrons. The number of nitrogens with zero attached hydrogens (tertiary/aromatic N) is 3. The predicted octanol–water partition coefficient (Wildman–Crippen LogP) is 2.76. The number of nitrogens with two attached hydrogens (primary N) is 1. The molecule has 2 aromatic rings. The van der Waals surface area contributed by atoms with Gasteiger partial charge in [0.05, 0.1) is 5.56 Å². The maximum absolute atomic E-state index is 12.9. The number of urea groups is 1. The van der Waals surface area contributed by atoms with E-state index in [0.717, 1.165) is 18.8 Å². The van der Waals surface area contributed by atoms with Crippen LogP contribution in [-0.4, -0.2) is 38.2 Å². The molecule has 0 spiro atoms. The quantitative estimate of drug-likeness (QED) is 0.842. The molecular formula is C20H22N4O3. The Bertz CT molecular complexity index is 847. The Balaban J connectivity index is 1.51. The fourth-order valence-corrected chi connectivity index (χ4v) is 3.70. The average Bonchev–Trinajstić information content (AvgIpc) is 3.38. The van der Waals surface area contributed by atoms with Crippen LogP contribution < -0.4 is 20.6 Å². The summed E-state index contributed by atoms with van der Waals surface area (Å²) in [5, 5.41) is 0. The summed E-state index contributed by atoms with van der Waals surface area (Å²) < 4.78 is 0. The zero-order chi connectivity index (χ0) is 18.8. The highest BCUT2D eigenvalue weighted by molar-refractivity contribution is 6.06. The van der Waals surface area contributed by atoms with Crippen molar-refractivity contribution in [1.82, 2.24) is 0 Å². The summed E-state index contributed by atoms with van der Waals surface area (Å²) in [6.45, 7) is 3.33. The summed E-state index contributed by atoms with van der Waals surface area (Å²) in [6, 6.07) is 14.8. The molecule has 2 aromatic carbocycles. The van der Waals surface area contributed by atoms with E-state index >= 15 is 0 Å². The van der Waals surface area contributed by atoms with E-state index in [0.29, 0.717) is 24.3 Å². The normalized spacial score (nSPS) is 16.9. The Morgan fingerprint density at radius 3 is 2.15 bits per heavy atom. The Kier molecular flexibility index (Phi) is 4.68. The van der Waals surface area contributed by atoms with Crippen molar-refractivity contribution in [1.29, 1.82) is 0 Å². The van der Waals surface area contributed by atoms with Crippen LogP contribution in [0.1, 0.15) is 23.2 Å². The van der Waals surface area contributed by atoms with Gasteiger partial charge in [-0.05, 0) is 55.3 Å². The molecule has 0 aromatic heterocycles. The lowest BCUT2D eigenvalue weighted by molar-refractivity contribution is 0.0503. The second-order valence-electron chi connectivity index (χ2n) is 6.75. The maximum Gasteiger partial charge on any atom is 0.356 e. The van der Waals surface area contributed by atoms with E-state index in [1.165, 1.54) is 18.5 Å². The number of hydrogen-bond acceptors (Lipinski definition) is 5. The topological polar surface area (TPSA) is 79.1 Å². The van der Waals surface area contributed by atoms with Crippen molar-refractivity contribution in [3.05, 3.63) is 54.1 Å². The number of carbonyl (C=O) groups excluding carboxylic acids is 2. The van der Waals surface area contributed by atoms with E-state index in [1.54, 1.807) is 34.1 Å². The Morgan fingerprint density at radius 2 is 1.48 bits per heavy atom. The van der Waals surface area contributed by atoms with Gasteiger partial charge in [0.1, 0.15) is 0 Å². The van der Waals surface area contributed by atoms with Gasteiger partial charge in [-0.3, -0.25) is 9.80 Å².